The quantitative estimate of drug-likeness (QED) is 0.419. The highest BCUT2D eigenvalue weighted by atomic mass is 32.1. The van der Waals surface area contributed by atoms with E-state index >= 15 is 0 Å². The first kappa shape index (κ1) is 32.1. The maximum Gasteiger partial charge on any atom is 0.490 e. The van der Waals surface area contributed by atoms with E-state index in [0.717, 1.165) is 63.8 Å². The van der Waals surface area contributed by atoms with Crippen LogP contribution in [0.2, 0.25) is 0 Å². The summed E-state index contributed by atoms with van der Waals surface area (Å²) in [6.45, 7) is 8.85. The molecule has 0 saturated carbocycles. The molecule has 1 atom stereocenters. The van der Waals surface area contributed by atoms with Gasteiger partial charge in [-0.1, -0.05) is 0 Å². The third-order valence-electron chi connectivity index (χ3n) is 6.01. The molecule has 0 radical (unpaired) electrons. The number of aryl methyl sites for hydroxylation is 1. The van der Waals surface area contributed by atoms with Crippen molar-refractivity contribution in [3.8, 4) is 0 Å². The number of alkyl halides is 6. The van der Waals surface area contributed by atoms with Crippen LogP contribution >= 0.6 is 11.3 Å². The fraction of sp³-hybridized carbons (Fsp3) is 0.500. The molecule has 2 N–H and O–H groups in total. The first-order chi connectivity index (χ1) is 19.1. The molecule has 0 spiro atoms. The van der Waals surface area contributed by atoms with Crippen LogP contribution in [0.4, 0.5) is 32.0 Å². The standard InChI is InChI=1S/C20H25N5OS.2C2HF3O2/c1-15-2-4-18(27-15)14-23-7-6-16(12-23)20-21-19-5-3-17(13-25(19)22-20)24-8-10-26-11-9-24;2*3-2(4,5)1(6)7/h2-5,13,16H,6-12,14H2,1H3;2*(H,6,7). The second-order valence-corrected chi connectivity index (χ2v) is 10.5. The Labute approximate surface area is 233 Å². The van der Waals surface area contributed by atoms with Crippen molar-refractivity contribution in [2.75, 3.05) is 44.3 Å². The number of carbonyl (C=O) groups is 2. The van der Waals surface area contributed by atoms with Gasteiger partial charge in [-0.3, -0.25) is 4.90 Å². The Balaban J connectivity index is 0.000000276. The van der Waals surface area contributed by atoms with E-state index in [-0.39, 0.29) is 0 Å². The first-order valence-electron chi connectivity index (χ1n) is 12.2. The van der Waals surface area contributed by atoms with Crippen molar-refractivity contribution in [2.45, 2.75) is 38.2 Å². The summed E-state index contributed by atoms with van der Waals surface area (Å²) in [6, 6.07) is 8.70. The number of morpholine rings is 1. The molecule has 5 heterocycles. The predicted octanol–water partition coefficient (Wildman–Crippen LogP) is 4.19. The number of carboxylic acids is 2. The topological polar surface area (TPSA) is 121 Å². The van der Waals surface area contributed by atoms with E-state index in [1.165, 1.54) is 15.4 Å². The number of aliphatic carboxylic acids is 2. The maximum absolute atomic E-state index is 10.6. The minimum absolute atomic E-state index is 0.429. The van der Waals surface area contributed by atoms with Crippen LogP contribution in [0.3, 0.4) is 0 Å². The number of pyridine rings is 1. The number of ether oxygens (including phenoxy) is 1. The molecule has 17 heteroatoms. The average molecular weight is 612 g/mol. The molecule has 10 nitrogen and oxygen atoms in total. The number of halogens is 6. The molecular formula is C24H27F6N5O5S. The van der Waals surface area contributed by atoms with E-state index < -0.39 is 24.3 Å². The Kier molecular flexibility index (Phi) is 10.5. The van der Waals surface area contributed by atoms with Gasteiger partial charge in [0.2, 0.25) is 0 Å². The first-order valence-corrected chi connectivity index (χ1v) is 13.0. The van der Waals surface area contributed by atoms with Gasteiger partial charge in [0.05, 0.1) is 25.1 Å². The number of hydrogen-bond donors (Lipinski definition) is 2. The summed E-state index contributed by atoms with van der Waals surface area (Å²) in [4.78, 5) is 30.3. The minimum Gasteiger partial charge on any atom is -0.475 e. The molecule has 226 valence electrons. The molecule has 0 aromatic carbocycles. The van der Waals surface area contributed by atoms with Gasteiger partial charge in [-0.15, -0.1) is 11.3 Å². The third kappa shape index (κ3) is 9.57. The highest BCUT2D eigenvalue weighted by molar-refractivity contribution is 7.11. The molecule has 0 aliphatic carbocycles. The maximum atomic E-state index is 10.6. The molecule has 3 aromatic rings. The van der Waals surface area contributed by atoms with Gasteiger partial charge < -0.3 is 19.8 Å². The Bertz CT molecular complexity index is 1300. The monoisotopic (exact) mass is 611 g/mol. The van der Waals surface area contributed by atoms with Crippen molar-refractivity contribution in [3.63, 3.8) is 0 Å². The summed E-state index contributed by atoms with van der Waals surface area (Å²) < 4.78 is 70.9. The summed E-state index contributed by atoms with van der Waals surface area (Å²) in [7, 11) is 0. The highest BCUT2D eigenvalue weighted by Crippen LogP contribution is 2.28. The summed E-state index contributed by atoms with van der Waals surface area (Å²) >= 11 is 1.90. The van der Waals surface area contributed by atoms with E-state index in [9.17, 15) is 26.3 Å². The highest BCUT2D eigenvalue weighted by Gasteiger charge is 2.39. The molecular weight excluding hydrogens is 584 g/mol. The molecule has 5 rings (SSSR count). The van der Waals surface area contributed by atoms with Crippen LogP contribution in [0.15, 0.2) is 30.5 Å². The van der Waals surface area contributed by atoms with Crippen molar-refractivity contribution in [1.29, 1.82) is 0 Å². The number of aromatic nitrogens is 3. The lowest BCUT2D eigenvalue weighted by Crippen LogP contribution is -2.36. The van der Waals surface area contributed by atoms with Crippen LogP contribution in [0.25, 0.3) is 5.65 Å². The predicted molar refractivity (Wildman–Crippen MR) is 135 cm³/mol. The number of rotatable bonds is 4. The van der Waals surface area contributed by atoms with Crippen LogP contribution in [-0.2, 0) is 20.9 Å². The molecule has 41 heavy (non-hydrogen) atoms. The van der Waals surface area contributed by atoms with Gasteiger partial charge >= 0.3 is 24.3 Å². The van der Waals surface area contributed by atoms with Crippen LogP contribution in [-0.4, -0.2) is 93.4 Å². The van der Waals surface area contributed by atoms with Crippen LogP contribution < -0.4 is 4.90 Å². The van der Waals surface area contributed by atoms with Gasteiger partial charge in [-0.25, -0.2) is 19.1 Å². The number of fused-ring (bicyclic) bond motifs is 1. The fourth-order valence-corrected chi connectivity index (χ4v) is 4.98. The van der Waals surface area contributed by atoms with E-state index in [2.05, 4.69) is 47.2 Å². The fourth-order valence-electron chi connectivity index (χ4n) is 4.05. The van der Waals surface area contributed by atoms with Crippen LogP contribution in [0, 0.1) is 6.92 Å². The van der Waals surface area contributed by atoms with E-state index in [0.29, 0.717) is 5.92 Å². The molecule has 2 fully saturated rings. The van der Waals surface area contributed by atoms with Crippen molar-refractivity contribution >= 4 is 34.6 Å². The number of nitrogens with zero attached hydrogens (tertiary/aromatic N) is 5. The van der Waals surface area contributed by atoms with Crippen LogP contribution in [0.5, 0.6) is 0 Å². The second kappa shape index (κ2) is 13.5. The summed E-state index contributed by atoms with van der Waals surface area (Å²) in [6.07, 6.45) is -6.92. The summed E-state index contributed by atoms with van der Waals surface area (Å²) in [5.74, 6) is -4.10. The SMILES string of the molecule is Cc1ccc(CN2CCC(c3nc4ccc(N5CCOCC5)cn4n3)C2)s1.O=C(O)C(F)(F)F.O=C(O)C(F)(F)F. The number of thiophene rings is 1. The Hall–Kier alpha value is -3.44. The molecule has 1 unspecified atom stereocenters. The molecule has 3 aromatic heterocycles. The minimum atomic E-state index is -5.08. The Morgan fingerprint density at radius 1 is 1.00 bits per heavy atom. The zero-order chi connectivity index (χ0) is 30.4. The van der Waals surface area contributed by atoms with Crippen LogP contribution in [0.1, 0.15) is 27.9 Å². The van der Waals surface area contributed by atoms with E-state index in [4.69, 9.17) is 34.6 Å². The second-order valence-electron chi connectivity index (χ2n) is 9.10. The van der Waals surface area contributed by atoms with Crippen molar-refractivity contribution in [1.82, 2.24) is 19.5 Å². The molecule has 2 aliphatic heterocycles. The smallest absolute Gasteiger partial charge is 0.475 e. The number of carboxylic acid groups (broad SMARTS) is 2. The van der Waals surface area contributed by atoms with Crippen molar-refractivity contribution < 1.29 is 50.9 Å². The zero-order valence-corrected chi connectivity index (χ0v) is 22.5. The van der Waals surface area contributed by atoms with E-state index in [1.54, 1.807) is 0 Å². The molecule has 0 bridgehead atoms. The number of anilines is 1. The molecule has 2 saturated heterocycles. The lowest BCUT2D eigenvalue weighted by Gasteiger charge is -2.28. The van der Waals surface area contributed by atoms with Gasteiger partial charge in [-0.05, 0) is 44.2 Å². The van der Waals surface area contributed by atoms with Gasteiger partial charge in [0.1, 0.15) is 0 Å². The van der Waals surface area contributed by atoms with E-state index in [1.807, 2.05) is 15.9 Å². The van der Waals surface area contributed by atoms with Gasteiger partial charge in [0, 0.05) is 41.9 Å². The third-order valence-corrected chi connectivity index (χ3v) is 6.99. The summed E-state index contributed by atoms with van der Waals surface area (Å²) in [5.41, 5.74) is 2.14. The summed E-state index contributed by atoms with van der Waals surface area (Å²) in [5, 5.41) is 19.1. The Morgan fingerprint density at radius 3 is 2.15 bits per heavy atom. The molecule has 0 amide bonds. The number of hydrogen-bond acceptors (Lipinski definition) is 8. The Morgan fingerprint density at radius 2 is 1.61 bits per heavy atom. The van der Waals surface area contributed by atoms with Gasteiger partial charge in [-0.2, -0.15) is 31.4 Å². The lowest BCUT2D eigenvalue weighted by atomic mass is 10.1. The van der Waals surface area contributed by atoms with Crippen molar-refractivity contribution in [3.05, 3.63) is 46.0 Å². The van der Waals surface area contributed by atoms with Gasteiger partial charge in [0.15, 0.2) is 11.5 Å². The lowest BCUT2D eigenvalue weighted by molar-refractivity contribution is -0.193. The van der Waals surface area contributed by atoms with Gasteiger partial charge in [0.25, 0.3) is 0 Å². The normalized spacial score (nSPS) is 17.9. The average Bonchev–Trinajstić information content (AvgIpc) is 3.63. The molecule has 2 aliphatic rings. The largest absolute Gasteiger partial charge is 0.490 e. The number of likely N-dealkylation sites (tertiary alicyclic amines) is 1. The van der Waals surface area contributed by atoms with Crippen molar-refractivity contribution in [2.24, 2.45) is 0 Å². The zero-order valence-electron chi connectivity index (χ0n) is 21.7.